The molecule has 166 valence electrons. The molecule has 2 aromatic rings. The highest BCUT2D eigenvalue weighted by atomic mass is 32.2. The summed E-state index contributed by atoms with van der Waals surface area (Å²) in [7, 11) is 0. The van der Waals surface area contributed by atoms with Gasteiger partial charge in [-0.1, -0.05) is 32.0 Å². The third-order valence-corrected chi connectivity index (χ3v) is 8.42. The van der Waals surface area contributed by atoms with Crippen LogP contribution >= 0.6 is 23.5 Å². The summed E-state index contributed by atoms with van der Waals surface area (Å²) < 4.78 is 17.5. The van der Waals surface area contributed by atoms with Crippen LogP contribution in [0.25, 0.3) is 0 Å². The number of hydrogen-bond donors (Lipinski definition) is 1. The van der Waals surface area contributed by atoms with Gasteiger partial charge in [-0.25, -0.2) is 0 Å². The number of hydrogen-bond acceptors (Lipinski definition) is 6. The molecule has 0 radical (unpaired) electrons. The lowest BCUT2D eigenvalue weighted by Gasteiger charge is -2.27. The third-order valence-electron chi connectivity index (χ3n) is 5.40. The van der Waals surface area contributed by atoms with Crippen molar-refractivity contribution in [2.45, 2.75) is 30.3 Å². The first-order chi connectivity index (χ1) is 15.0. The first-order valence-electron chi connectivity index (χ1n) is 10.6. The summed E-state index contributed by atoms with van der Waals surface area (Å²) in [6.45, 7) is 5.84. The number of ether oxygens (including phenoxy) is 3. The number of thioether (sulfide) groups is 2. The van der Waals surface area contributed by atoms with Gasteiger partial charge < -0.3 is 19.5 Å². The van der Waals surface area contributed by atoms with Gasteiger partial charge in [0.2, 0.25) is 0 Å². The van der Waals surface area contributed by atoms with Crippen molar-refractivity contribution in [1.82, 2.24) is 5.32 Å². The van der Waals surface area contributed by atoms with Crippen molar-refractivity contribution in [3.8, 4) is 17.2 Å². The molecule has 0 bridgehead atoms. The van der Waals surface area contributed by atoms with E-state index in [4.69, 9.17) is 14.2 Å². The van der Waals surface area contributed by atoms with E-state index in [9.17, 15) is 4.79 Å². The monoisotopic (exact) mass is 459 g/mol. The van der Waals surface area contributed by atoms with E-state index in [1.807, 2.05) is 53.9 Å². The van der Waals surface area contributed by atoms with Crippen molar-refractivity contribution >= 4 is 29.4 Å². The van der Waals surface area contributed by atoms with E-state index in [-0.39, 0.29) is 17.9 Å². The fourth-order valence-electron chi connectivity index (χ4n) is 3.49. The molecule has 1 fully saturated rings. The summed E-state index contributed by atoms with van der Waals surface area (Å²) in [6, 6.07) is 14.1. The van der Waals surface area contributed by atoms with Gasteiger partial charge in [0.15, 0.2) is 18.1 Å². The normalized spacial score (nSPS) is 16.6. The van der Waals surface area contributed by atoms with Gasteiger partial charge in [0.1, 0.15) is 19.0 Å². The minimum atomic E-state index is -0.248. The van der Waals surface area contributed by atoms with Crippen LogP contribution in [-0.4, -0.2) is 43.8 Å². The molecule has 2 heterocycles. The van der Waals surface area contributed by atoms with Gasteiger partial charge in [-0.15, -0.1) is 23.5 Å². The molecule has 0 aromatic heterocycles. The van der Waals surface area contributed by atoms with Crippen LogP contribution in [0.5, 0.6) is 17.2 Å². The molecule has 0 atom stereocenters. The molecular weight excluding hydrogens is 430 g/mol. The summed E-state index contributed by atoms with van der Waals surface area (Å²) in [6.07, 6.45) is 1.29. The molecule has 0 aliphatic carbocycles. The second-order valence-corrected chi connectivity index (χ2v) is 11.0. The number of carbonyl (C=O) groups is 1. The lowest BCUT2D eigenvalue weighted by atomic mass is 9.84. The maximum atomic E-state index is 12.4. The molecule has 0 unspecified atom stereocenters. The quantitative estimate of drug-likeness (QED) is 0.642. The Kier molecular flexibility index (Phi) is 7.23. The highest BCUT2D eigenvalue weighted by Crippen LogP contribution is 2.43. The molecule has 2 aliphatic rings. The van der Waals surface area contributed by atoms with Crippen LogP contribution in [0.2, 0.25) is 0 Å². The van der Waals surface area contributed by atoms with Gasteiger partial charge >= 0.3 is 0 Å². The molecule has 2 aromatic carbocycles. The van der Waals surface area contributed by atoms with E-state index in [1.165, 1.54) is 23.5 Å². The Labute approximate surface area is 192 Å². The fourth-order valence-corrected chi connectivity index (χ4v) is 6.38. The molecule has 0 spiro atoms. The van der Waals surface area contributed by atoms with E-state index >= 15 is 0 Å². The number of benzene rings is 2. The highest BCUT2D eigenvalue weighted by Gasteiger charge is 2.24. The van der Waals surface area contributed by atoms with Crippen molar-refractivity contribution < 1.29 is 19.0 Å². The SMILES string of the molecule is CC(C)(CNC(=O)COc1ccc(C2SCCCS2)cc1)c1ccc2c(c1)OCCO2. The van der Waals surface area contributed by atoms with E-state index in [2.05, 4.69) is 31.3 Å². The van der Waals surface area contributed by atoms with Crippen LogP contribution in [0.3, 0.4) is 0 Å². The zero-order valence-corrected chi connectivity index (χ0v) is 19.7. The summed E-state index contributed by atoms with van der Waals surface area (Å²) in [5.41, 5.74) is 2.15. The predicted octanol–water partition coefficient (Wildman–Crippen LogP) is 4.80. The molecule has 31 heavy (non-hydrogen) atoms. The summed E-state index contributed by atoms with van der Waals surface area (Å²) in [5.74, 6) is 4.57. The number of carbonyl (C=O) groups excluding carboxylic acids is 1. The maximum Gasteiger partial charge on any atom is 0.257 e. The zero-order valence-electron chi connectivity index (χ0n) is 18.0. The molecule has 2 aliphatic heterocycles. The van der Waals surface area contributed by atoms with Crippen molar-refractivity contribution in [1.29, 1.82) is 0 Å². The number of fused-ring (bicyclic) bond motifs is 1. The van der Waals surface area contributed by atoms with E-state index in [0.29, 0.717) is 24.3 Å². The topological polar surface area (TPSA) is 56.8 Å². The average molecular weight is 460 g/mol. The zero-order chi connectivity index (χ0) is 21.7. The molecule has 1 N–H and O–H groups in total. The van der Waals surface area contributed by atoms with Crippen LogP contribution in [0.4, 0.5) is 0 Å². The molecule has 1 saturated heterocycles. The largest absolute Gasteiger partial charge is 0.486 e. The van der Waals surface area contributed by atoms with Gasteiger partial charge in [-0.2, -0.15) is 0 Å². The van der Waals surface area contributed by atoms with Crippen molar-refractivity contribution in [3.05, 3.63) is 53.6 Å². The van der Waals surface area contributed by atoms with Crippen molar-refractivity contribution in [2.24, 2.45) is 0 Å². The second kappa shape index (κ2) is 10.1. The standard InChI is InChI=1S/C24H29NO4S2/c1-24(2,18-6-9-20-21(14-18)28-11-10-27-20)16-25-22(26)15-29-19-7-4-17(5-8-19)23-30-12-3-13-31-23/h4-9,14,23H,3,10-13,15-16H2,1-2H3,(H,25,26). The Bertz CT molecular complexity index is 895. The Balaban J connectivity index is 1.26. The lowest BCUT2D eigenvalue weighted by Crippen LogP contribution is -2.39. The summed E-state index contributed by atoms with van der Waals surface area (Å²) in [4.78, 5) is 12.4. The molecular formula is C24H29NO4S2. The highest BCUT2D eigenvalue weighted by molar-refractivity contribution is 8.16. The summed E-state index contributed by atoms with van der Waals surface area (Å²) >= 11 is 4.00. The summed E-state index contributed by atoms with van der Waals surface area (Å²) in [5, 5.41) is 2.99. The molecule has 7 heteroatoms. The number of rotatable bonds is 7. The Morgan fingerprint density at radius 3 is 2.52 bits per heavy atom. The first kappa shape index (κ1) is 22.2. The molecule has 4 rings (SSSR count). The number of amides is 1. The Morgan fingerprint density at radius 2 is 1.77 bits per heavy atom. The van der Waals surface area contributed by atoms with Crippen molar-refractivity contribution in [2.75, 3.05) is 37.9 Å². The minimum Gasteiger partial charge on any atom is -0.486 e. The van der Waals surface area contributed by atoms with Crippen molar-refractivity contribution in [3.63, 3.8) is 0 Å². The predicted molar refractivity (Wildman–Crippen MR) is 128 cm³/mol. The first-order valence-corrected chi connectivity index (χ1v) is 12.7. The van der Waals surface area contributed by atoms with Gasteiger partial charge in [0, 0.05) is 12.0 Å². The van der Waals surface area contributed by atoms with E-state index < -0.39 is 0 Å². The number of nitrogens with one attached hydrogen (secondary N) is 1. The van der Waals surface area contributed by atoms with E-state index in [1.54, 1.807) is 0 Å². The van der Waals surface area contributed by atoms with Crippen LogP contribution in [0, 0.1) is 0 Å². The fraction of sp³-hybridized carbons (Fsp3) is 0.458. The van der Waals surface area contributed by atoms with Gasteiger partial charge in [0.25, 0.3) is 5.91 Å². The Morgan fingerprint density at radius 1 is 1.06 bits per heavy atom. The van der Waals surface area contributed by atoms with Crippen LogP contribution in [0.15, 0.2) is 42.5 Å². The van der Waals surface area contributed by atoms with E-state index in [0.717, 1.165) is 22.8 Å². The van der Waals surface area contributed by atoms with Gasteiger partial charge in [-0.3, -0.25) is 4.79 Å². The average Bonchev–Trinajstić information content (AvgIpc) is 2.82. The molecule has 1 amide bonds. The Hall–Kier alpha value is -1.99. The van der Waals surface area contributed by atoms with Gasteiger partial charge in [-0.05, 0) is 53.3 Å². The lowest BCUT2D eigenvalue weighted by molar-refractivity contribution is -0.123. The smallest absolute Gasteiger partial charge is 0.257 e. The maximum absolute atomic E-state index is 12.4. The molecule has 0 saturated carbocycles. The van der Waals surface area contributed by atoms with Crippen LogP contribution in [0.1, 0.15) is 36.0 Å². The second-order valence-electron chi connectivity index (χ2n) is 8.30. The van der Waals surface area contributed by atoms with Gasteiger partial charge in [0.05, 0.1) is 4.58 Å². The third kappa shape index (κ3) is 5.83. The minimum absolute atomic E-state index is 0.00347. The van der Waals surface area contributed by atoms with Crippen LogP contribution < -0.4 is 19.5 Å². The molecule has 5 nitrogen and oxygen atoms in total. The van der Waals surface area contributed by atoms with Crippen LogP contribution in [-0.2, 0) is 10.2 Å².